The van der Waals surface area contributed by atoms with Gasteiger partial charge in [0.25, 0.3) is 0 Å². The number of aromatic nitrogens is 2. The Labute approximate surface area is 115 Å². The van der Waals surface area contributed by atoms with E-state index in [2.05, 4.69) is 10.3 Å². The molecule has 20 heavy (non-hydrogen) atoms. The molecule has 108 valence electrons. The van der Waals surface area contributed by atoms with Gasteiger partial charge in [-0.25, -0.2) is 4.98 Å². The van der Waals surface area contributed by atoms with E-state index in [-0.39, 0.29) is 5.56 Å². The predicted molar refractivity (Wildman–Crippen MR) is 69.9 cm³/mol. The van der Waals surface area contributed by atoms with Crippen molar-refractivity contribution in [3.05, 3.63) is 53.6 Å². The second kappa shape index (κ2) is 5.66. The molecule has 0 aliphatic rings. The summed E-state index contributed by atoms with van der Waals surface area (Å²) in [5.74, 6) is 0.779. The molecule has 1 aromatic heterocycles. The average molecular weight is 283 g/mol. The molecule has 0 fully saturated rings. The molecule has 1 N–H and O–H groups in total. The molecule has 0 spiro atoms. The highest BCUT2D eigenvalue weighted by molar-refractivity contribution is 5.32. The van der Waals surface area contributed by atoms with Gasteiger partial charge < -0.3 is 9.88 Å². The minimum absolute atomic E-state index is 0.245. The molecule has 0 saturated heterocycles. The summed E-state index contributed by atoms with van der Waals surface area (Å²) >= 11 is 0. The first-order valence-corrected chi connectivity index (χ1v) is 6.25. The van der Waals surface area contributed by atoms with Crippen molar-refractivity contribution in [3.63, 3.8) is 0 Å². The second-order valence-electron chi connectivity index (χ2n) is 4.64. The van der Waals surface area contributed by atoms with Crippen LogP contribution in [0.15, 0.2) is 36.7 Å². The summed E-state index contributed by atoms with van der Waals surface area (Å²) in [5, 5.41) is 3.07. The molecule has 1 heterocycles. The third kappa shape index (κ3) is 3.19. The molecule has 2 aromatic rings. The van der Waals surface area contributed by atoms with Crippen LogP contribution in [0.25, 0.3) is 0 Å². The van der Waals surface area contributed by atoms with Crippen LogP contribution in [0.1, 0.15) is 29.9 Å². The predicted octanol–water partition coefficient (Wildman–Crippen LogP) is 3.29. The zero-order chi connectivity index (χ0) is 14.8. The first-order chi connectivity index (χ1) is 9.39. The maximum Gasteiger partial charge on any atom is 0.416 e. The number of rotatable bonds is 4. The van der Waals surface area contributed by atoms with Gasteiger partial charge in [0.05, 0.1) is 12.1 Å². The lowest BCUT2D eigenvalue weighted by Crippen LogP contribution is -2.23. The van der Waals surface area contributed by atoms with Crippen LogP contribution in [0.3, 0.4) is 0 Å². The van der Waals surface area contributed by atoms with Crippen LogP contribution in [0, 0.1) is 0 Å². The largest absolute Gasteiger partial charge is 0.416 e. The number of nitrogens with zero attached hydrogens (tertiary/aromatic N) is 2. The zero-order valence-electron chi connectivity index (χ0n) is 11.3. The lowest BCUT2D eigenvalue weighted by molar-refractivity contribution is -0.138. The van der Waals surface area contributed by atoms with Crippen LogP contribution < -0.4 is 5.32 Å². The molecular formula is C14H16F3N3. The van der Waals surface area contributed by atoms with Crippen molar-refractivity contribution < 1.29 is 13.2 Å². The Morgan fingerprint density at radius 2 is 2.00 bits per heavy atom. The molecule has 3 nitrogen and oxygen atoms in total. The summed E-state index contributed by atoms with van der Waals surface area (Å²) < 4.78 is 40.7. The molecule has 1 aromatic carbocycles. The third-order valence-electron chi connectivity index (χ3n) is 3.22. The van der Waals surface area contributed by atoms with Crippen molar-refractivity contribution in [3.8, 4) is 0 Å². The second-order valence-corrected chi connectivity index (χ2v) is 4.64. The lowest BCUT2D eigenvalue weighted by atomic mass is 10.0. The Morgan fingerprint density at radius 1 is 1.30 bits per heavy atom. The summed E-state index contributed by atoms with van der Waals surface area (Å²) in [6.45, 7) is 2.13. The summed E-state index contributed by atoms with van der Waals surface area (Å²) in [5.41, 5.74) is -0.353. The van der Waals surface area contributed by atoms with E-state index in [1.54, 1.807) is 25.4 Å². The summed E-state index contributed by atoms with van der Waals surface area (Å²) in [4.78, 5) is 4.13. The maximum atomic E-state index is 12.9. The molecule has 0 aliphatic heterocycles. The van der Waals surface area contributed by atoms with Gasteiger partial charge in [-0.05, 0) is 18.6 Å². The first kappa shape index (κ1) is 14.6. The van der Waals surface area contributed by atoms with E-state index in [1.165, 1.54) is 12.1 Å². The molecule has 0 radical (unpaired) electrons. The van der Waals surface area contributed by atoms with E-state index < -0.39 is 17.8 Å². The SMILES string of the molecule is CC(NCc1nccn1C)c1ccccc1C(F)(F)F. The minimum Gasteiger partial charge on any atom is -0.337 e. The van der Waals surface area contributed by atoms with E-state index in [0.717, 1.165) is 11.9 Å². The molecule has 6 heteroatoms. The zero-order valence-corrected chi connectivity index (χ0v) is 11.3. The number of benzene rings is 1. The average Bonchev–Trinajstić information content (AvgIpc) is 2.80. The molecule has 1 atom stereocenters. The highest BCUT2D eigenvalue weighted by Crippen LogP contribution is 2.34. The van der Waals surface area contributed by atoms with Gasteiger partial charge in [0, 0.05) is 25.5 Å². The van der Waals surface area contributed by atoms with Crippen molar-refractivity contribution in [2.75, 3.05) is 0 Å². The topological polar surface area (TPSA) is 29.9 Å². The van der Waals surface area contributed by atoms with Gasteiger partial charge in [-0.3, -0.25) is 0 Å². The molecule has 0 saturated carbocycles. The van der Waals surface area contributed by atoms with Crippen LogP contribution in [0.2, 0.25) is 0 Å². The Hall–Kier alpha value is -1.82. The number of hydrogen-bond donors (Lipinski definition) is 1. The van der Waals surface area contributed by atoms with E-state index in [4.69, 9.17) is 0 Å². The smallest absolute Gasteiger partial charge is 0.337 e. The van der Waals surface area contributed by atoms with Gasteiger partial charge in [-0.1, -0.05) is 18.2 Å². The Kier molecular flexibility index (Phi) is 4.13. The highest BCUT2D eigenvalue weighted by atomic mass is 19.4. The Morgan fingerprint density at radius 3 is 2.60 bits per heavy atom. The number of alkyl halides is 3. The lowest BCUT2D eigenvalue weighted by Gasteiger charge is -2.19. The fourth-order valence-corrected chi connectivity index (χ4v) is 2.05. The fourth-order valence-electron chi connectivity index (χ4n) is 2.05. The van der Waals surface area contributed by atoms with E-state index >= 15 is 0 Å². The quantitative estimate of drug-likeness (QED) is 0.933. The van der Waals surface area contributed by atoms with Gasteiger partial charge in [-0.15, -0.1) is 0 Å². The fraction of sp³-hybridized carbons (Fsp3) is 0.357. The third-order valence-corrected chi connectivity index (χ3v) is 3.22. The van der Waals surface area contributed by atoms with Crippen molar-refractivity contribution in [2.45, 2.75) is 25.7 Å². The van der Waals surface area contributed by atoms with Gasteiger partial charge in [0.2, 0.25) is 0 Å². The molecule has 0 amide bonds. The van der Waals surface area contributed by atoms with E-state index in [0.29, 0.717) is 6.54 Å². The number of hydrogen-bond acceptors (Lipinski definition) is 2. The first-order valence-electron chi connectivity index (χ1n) is 6.25. The Bertz CT molecular complexity index is 575. The monoisotopic (exact) mass is 283 g/mol. The van der Waals surface area contributed by atoms with Crippen LogP contribution in [-0.4, -0.2) is 9.55 Å². The van der Waals surface area contributed by atoms with Crippen molar-refractivity contribution >= 4 is 0 Å². The van der Waals surface area contributed by atoms with Gasteiger partial charge in [0.15, 0.2) is 0 Å². The van der Waals surface area contributed by atoms with Crippen LogP contribution >= 0.6 is 0 Å². The minimum atomic E-state index is -4.34. The number of imidazole rings is 1. The van der Waals surface area contributed by atoms with Gasteiger partial charge in [0.1, 0.15) is 5.82 Å². The van der Waals surface area contributed by atoms with E-state index in [1.807, 2.05) is 11.6 Å². The van der Waals surface area contributed by atoms with Crippen molar-refractivity contribution in [1.29, 1.82) is 0 Å². The molecular weight excluding hydrogens is 267 g/mol. The summed E-state index contributed by atoms with van der Waals surface area (Å²) in [6, 6.07) is 5.21. The van der Waals surface area contributed by atoms with Crippen molar-refractivity contribution in [2.24, 2.45) is 7.05 Å². The van der Waals surface area contributed by atoms with E-state index in [9.17, 15) is 13.2 Å². The highest BCUT2D eigenvalue weighted by Gasteiger charge is 2.34. The normalized spacial score (nSPS) is 13.4. The molecule has 1 unspecified atom stereocenters. The van der Waals surface area contributed by atoms with Crippen LogP contribution in [-0.2, 0) is 19.8 Å². The summed E-state index contributed by atoms with van der Waals surface area (Å²) in [7, 11) is 1.85. The van der Waals surface area contributed by atoms with Crippen LogP contribution in [0.4, 0.5) is 13.2 Å². The maximum absolute atomic E-state index is 12.9. The number of aryl methyl sites for hydroxylation is 1. The molecule has 0 bridgehead atoms. The standard InChI is InChI=1S/C14H16F3N3/c1-10(19-9-13-18-7-8-20(13)2)11-5-3-4-6-12(11)14(15,16)17/h3-8,10,19H,9H2,1-2H3. The van der Waals surface area contributed by atoms with Gasteiger partial charge >= 0.3 is 6.18 Å². The summed E-state index contributed by atoms with van der Waals surface area (Å²) in [6.07, 6.45) is -0.883. The van der Waals surface area contributed by atoms with Crippen LogP contribution in [0.5, 0.6) is 0 Å². The van der Waals surface area contributed by atoms with Crippen molar-refractivity contribution in [1.82, 2.24) is 14.9 Å². The molecule has 2 rings (SSSR count). The number of nitrogens with one attached hydrogen (secondary N) is 1. The Balaban J connectivity index is 2.14. The van der Waals surface area contributed by atoms with Gasteiger partial charge in [-0.2, -0.15) is 13.2 Å². The number of halogens is 3. The molecule has 0 aliphatic carbocycles.